The molecule has 1 fully saturated rings. The molecule has 0 bridgehead atoms. The van der Waals surface area contributed by atoms with Gasteiger partial charge < -0.3 is 5.32 Å². The first-order valence-corrected chi connectivity index (χ1v) is 9.61. The summed E-state index contributed by atoms with van der Waals surface area (Å²) in [7, 11) is -3.57. The Morgan fingerprint density at radius 2 is 2.19 bits per heavy atom. The van der Waals surface area contributed by atoms with E-state index in [-0.39, 0.29) is 10.9 Å². The zero-order valence-corrected chi connectivity index (χ0v) is 14.8. The Labute approximate surface area is 135 Å². The molecular formula is C14H22BrN3O2S. The Hall–Kier alpha value is -0.660. The van der Waals surface area contributed by atoms with Crippen molar-refractivity contribution in [3.8, 4) is 0 Å². The number of sulfonamides is 1. The number of nitrogens with one attached hydrogen (secondary N) is 2. The number of pyridine rings is 1. The van der Waals surface area contributed by atoms with Crippen LogP contribution >= 0.6 is 15.9 Å². The molecule has 1 aliphatic carbocycles. The summed E-state index contributed by atoms with van der Waals surface area (Å²) in [6.45, 7) is 4.63. The molecule has 1 unspecified atom stereocenters. The van der Waals surface area contributed by atoms with Crippen LogP contribution in [-0.2, 0) is 10.0 Å². The fraction of sp³-hybridized carbons (Fsp3) is 0.643. The normalized spacial score (nSPS) is 16.7. The number of hydrogen-bond donors (Lipinski definition) is 2. The minimum absolute atomic E-state index is 0.0551. The highest BCUT2D eigenvalue weighted by atomic mass is 79.9. The van der Waals surface area contributed by atoms with Crippen molar-refractivity contribution < 1.29 is 8.42 Å². The van der Waals surface area contributed by atoms with Gasteiger partial charge in [0.15, 0.2) is 0 Å². The molecule has 1 aliphatic rings. The second kappa shape index (κ2) is 7.07. The molecule has 0 aromatic carbocycles. The number of anilines is 1. The molecule has 7 heteroatoms. The Bertz CT molecular complexity index is 588. The molecule has 2 N–H and O–H groups in total. The van der Waals surface area contributed by atoms with Gasteiger partial charge in [-0.2, -0.15) is 0 Å². The van der Waals surface area contributed by atoms with Gasteiger partial charge in [0, 0.05) is 23.3 Å². The van der Waals surface area contributed by atoms with Crippen molar-refractivity contribution in [1.29, 1.82) is 0 Å². The van der Waals surface area contributed by atoms with Crippen molar-refractivity contribution >= 4 is 31.8 Å². The van der Waals surface area contributed by atoms with Crippen molar-refractivity contribution in [3.05, 3.63) is 16.7 Å². The van der Waals surface area contributed by atoms with E-state index in [4.69, 9.17) is 0 Å². The maximum atomic E-state index is 12.6. The molecule has 0 amide bonds. The van der Waals surface area contributed by atoms with Gasteiger partial charge in [0.05, 0.1) is 0 Å². The van der Waals surface area contributed by atoms with Crippen LogP contribution in [-0.4, -0.2) is 26.0 Å². The van der Waals surface area contributed by atoms with E-state index in [1.165, 1.54) is 12.8 Å². The lowest BCUT2D eigenvalue weighted by molar-refractivity contribution is 0.530. The van der Waals surface area contributed by atoms with Crippen LogP contribution in [0, 0.1) is 5.92 Å². The highest BCUT2D eigenvalue weighted by Crippen LogP contribution is 2.34. The lowest BCUT2D eigenvalue weighted by Gasteiger charge is -2.16. The highest BCUT2D eigenvalue weighted by Gasteiger charge is 2.27. The molecule has 0 spiro atoms. The Balaban J connectivity index is 2.18. The summed E-state index contributed by atoms with van der Waals surface area (Å²) in [4.78, 5) is 4.39. The Kier molecular flexibility index (Phi) is 5.62. The molecular weight excluding hydrogens is 354 g/mol. The summed E-state index contributed by atoms with van der Waals surface area (Å²) in [5.41, 5.74) is 0. The molecule has 5 nitrogen and oxygen atoms in total. The zero-order chi connectivity index (χ0) is 15.5. The van der Waals surface area contributed by atoms with Crippen molar-refractivity contribution in [2.45, 2.75) is 50.5 Å². The minimum atomic E-state index is -3.57. The zero-order valence-electron chi connectivity index (χ0n) is 12.4. The van der Waals surface area contributed by atoms with E-state index in [9.17, 15) is 8.42 Å². The maximum absolute atomic E-state index is 12.6. The largest absolute Gasteiger partial charge is 0.369 e. The summed E-state index contributed by atoms with van der Waals surface area (Å²) in [5, 5.41) is 3.07. The number of hydrogen-bond acceptors (Lipinski definition) is 4. The molecule has 1 aromatic rings. The molecule has 1 heterocycles. The lowest BCUT2D eigenvalue weighted by atomic mass is 10.2. The second-order valence-corrected chi connectivity index (χ2v) is 8.23. The van der Waals surface area contributed by atoms with Crippen molar-refractivity contribution in [2.24, 2.45) is 5.92 Å². The first-order valence-electron chi connectivity index (χ1n) is 7.34. The van der Waals surface area contributed by atoms with Crippen LogP contribution in [0.5, 0.6) is 0 Å². The van der Waals surface area contributed by atoms with Gasteiger partial charge in [-0.1, -0.05) is 19.8 Å². The molecule has 1 atom stereocenters. The third-order valence-corrected chi connectivity index (χ3v) is 5.43. The van der Waals surface area contributed by atoms with Crippen molar-refractivity contribution in [2.75, 3.05) is 11.9 Å². The van der Waals surface area contributed by atoms with Crippen LogP contribution in [0.4, 0.5) is 5.82 Å². The third kappa shape index (κ3) is 4.93. The van der Waals surface area contributed by atoms with Crippen molar-refractivity contribution in [1.82, 2.24) is 9.71 Å². The van der Waals surface area contributed by atoms with Crippen LogP contribution in [0.1, 0.15) is 39.5 Å². The van der Waals surface area contributed by atoms with E-state index in [2.05, 4.69) is 31.0 Å². The van der Waals surface area contributed by atoms with Gasteiger partial charge in [0.25, 0.3) is 0 Å². The molecule has 1 saturated carbocycles. The topological polar surface area (TPSA) is 71.1 Å². The van der Waals surface area contributed by atoms with Gasteiger partial charge in [0.2, 0.25) is 10.0 Å². The molecule has 0 saturated heterocycles. The standard InChI is InChI=1S/C14H22BrN3O2S/c1-3-6-16-14-13(8-12(15)9-17-14)21(19,20)18-10(2)7-11-4-5-11/h8-11,18H,3-7H2,1-2H3,(H,16,17). The SMILES string of the molecule is CCCNc1ncc(Br)cc1S(=O)(=O)NC(C)CC1CC1. The lowest BCUT2D eigenvalue weighted by Crippen LogP contribution is -2.33. The predicted octanol–water partition coefficient (Wildman–Crippen LogP) is 3.13. The van der Waals surface area contributed by atoms with E-state index < -0.39 is 10.0 Å². The quantitative estimate of drug-likeness (QED) is 0.731. The van der Waals surface area contributed by atoms with Crippen molar-refractivity contribution in [3.63, 3.8) is 0 Å². The number of aromatic nitrogens is 1. The van der Waals surface area contributed by atoms with Gasteiger partial charge in [-0.05, 0) is 47.7 Å². The summed E-state index contributed by atoms with van der Waals surface area (Å²) in [5.74, 6) is 1.09. The molecule has 2 rings (SSSR count). The summed E-state index contributed by atoms with van der Waals surface area (Å²) < 4.78 is 28.5. The summed E-state index contributed by atoms with van der Waals surface area (Å²) in [6.07, 6.45) is 5.84. The van der Waals surface area contributed by atoms with E-state index in [1.807, 2.05) is 13.8 Å². The fourth-order valence-electron chi connectivity index (χ4n) is 2.23. The number of rotatable bonds is 8. The van der Waals surface area contributed by atoms with Crippen LogP contribution in [0.15, 0.2) is 21.6 Å². The molecule has 0 aliphatic heterocycles. The van der Waals surface area contributed by atoms with E-state index in [0.29, 0.717) is 22.8 Å². The fourth-order valence-corrected chi connectivity index (χ4v) is 4.13. The van der Waals surface area contributed by atoms with E-state index in [1.54, 1.807) is 12.3 Å². The molecule has 1 aromatic heterocycles. The average molecular weight is 376 g/mol. The predicted molar refractivity (Wildman–Crippen MR) is 87.8 cm³/mol. The van der Waals surface area contributed by atoms with Crippen LogP contribution < -0.4 is 10.0 Å². The average Bonchev–Trinajstić information content (AvgIpc) is 3.20. The van der Waals surface area contributed by atoms with Gasteiger partial charge in [-0.15, -0.1) is 0 Å². The molecule has 0 radical (unpaired) electrons. The number of halogens is 1. The van der Waals surface area contributed by atoms with Gasteiger partial charge in [-0.3, -0.25) is 0 Å². The van der Waals surface area contributed by atoms with Crippen LogP contribution in [0.3, 0.4) is 0 Å². The monoisotopic (exact) mass is 375 g/mol. The Morgan fingerprint density at radius 3 is 2.81 bits per heavy atom. The first kappa shape index (κ1) is 16.7. The summed E-state index contributed by atoms with van der Waals surface area (Å²) >= 11 is 3.29. The first-order chi connectivity index (χ1) is 9.92. The highest BCUT2D eigenvalue weighted by molar-refractivity contribution is 9.10. The Morgan fingerprint density at radius 1 is 1.48 bits per heavy atom. The van der Waals surface area contributed by atoms with Gasteiger partial charge in [0.1, 0.15) is 10.7 Å². The third-order valence-electron chi connectivity index (χ3n) is 3.39. The molecule has 21 heavy (non-hydrogen) atoms. The van der Waals surface area contributed by atoms with Gasteiger partial charge >= 0.3 is 0 Å². The minimum Gasteiger partial charge on any atom is -0.369 e. The maximum Gasteiger partial charge on any atom is 0.244 e. The number of nitrogens with zero attached hydrogens (tertiary/aromatic N) is 1. The van der Waals surface area contributed by atoms with Gasteiger partial charge in [-0.25, -0.2) is 18.1 Å². The van der Waals surface area contributed by atoms with E-state index >= 15 is 0 Å². The second-order valence-electron chi connectivity index (χ2n) is 5.63. The summed E-state index contributed by atoms with van der Waals surface area (Å²) in [6, 6.07) is 1.54. The molecule has 118 valence electrons. The van der Waals surface area contributed by atoms with Crippen LogP contribution in [0.25, 0.3) is 0 Å². The van der Waals surface area contributed by atoms with Crippen LogP contribution in [0.2, 0.25) is 0 Å². The smallest absolute Gasteiger partial charge is 0.244 e. The van der Waals surface area contributed by atoms with E-state index in [0.717, 1.165) is 12.8 Å².